The van der Waals surface area contributed by atoms with Crippen molar-refractivity contribution in [3.8, 4) is 0 Å². The number of ether oxygens (including phenoxy) is 1. The fourth-order valence-corrected chi connectivity index (χ4v) is 4.94. The first-order valence-electron chi connectivity index (χ1n) is 10.3. The van der Waals surface area contributed by atoms with Crippen LogP contribution in [0.25, 0.3) is 10.2 Å². The Morgan fingerprint density at radius 1 is 1.24 bits per heavy atom. The quantitative estimate of drug-likeness (QED) is 0.829. The molecule has 0 spiro atoms. The van der Waals surface area contributed by atoms with Gasteiger partial charge in [-0.25, -0.2) is 4.98 Å². The Morgan fingerprint density at radius 2 is 2.03 bits per heavy atom. The lowest BCUT2D eigenvalue weighted by Crippen LogP contribution is -2.45. The van der Waals surface area contributed by atoms with Crippen LogP contribution in [-0.2, 0) is 14.3 Å². The zero-order chi connectivity index (χ0) is 20.4. The summed E-state index contributed by atoms with van der Waals surface area (Å²) in [6, 6.07) is 5.86. The van der Waals surface area contributed by atoms with Gasteiger partial charge in [-0.3, -0.25) is 9.59 Å². The van der Waals surface area contributed by atoms with Gasteiger partial charge in [0.05, 0.1) is 29.3 Å². The number of anilines is 2. The molecule has 0 aliphatic carbocycles. The maximum atomic E-state index is 12.8. The molecule has 2 saturated heterocycles. The fourth-order valence-electron chi connectivity index (χ4n) is 3.88. The first-order valence-corrected chi connectivity index (χ1v) is 11.2. The summed E-state index contributed by atoms with van der Waals surface area (Å²) in [5.41, 5.74) is 1.73. The van der Waals surface area contributed by atoms with Gasteiger partial charge in [-0.1, -0.05) is 25.2 Å². The third-order valence-corrected chi connectivity index (χ3v) is 6.60. The number of nitrogens with zero attached hydrogens (tertiary/aromatic N) is 3. The average molecular weight is 417 g/mol. The molecule has 7 nitrogen and oxygen atoms in total. The lowest BCUT2D eigenvalue weighted by atomic mass is 9.96. The van der Waals surface area contributed by atoms with Crippen LogP contribution in [0, 0.1) is 11.8 Å². The van der Waals surface area contributed by atoms with E-state index in [0.717, 1.165) is 66.7 Å². The molecule has 1 unspecified atom stereocenters. The van der Waals surface area contributed by atoms with Crippen molar-refractivity contribution >= 4 is 44.2 Å². The van der Waals surface area contributed by atoms with Crippen LogP contribution >= 0.6 is 11.3 Å². The highest BCUT2D eigenvalue weighted by molar-refractivity contribution is 7.22. The van der Waals surface area contributed by atoms with Crippen molar-refractivity contribution < 1.29 is 14.3 Å². The Kier molecular flexibility index (Phi) is 6.01. The van der Waals surface area contributed by atoms with E-state index in [9.17, 15) is 9.59 Å². The number of carbonyl (C=O) groups excluding carboxylic acids is 2. The number of rotatable bonds is 4. The molecule has 1 aromatic carbocycles. The van der Waals surface area contributed by atoms with E-state index in [4.69, 9.17) is 9.72 Å². The summed E-state index contributed by atoms with van der Waals surface area (Å²) in [6.45, 7) is 8.24. The van der Waals surface area contributed by atoms with Gasteiger partial charge in [0.25, 0.3) is 0 Å². The first-order chi connectivity index (χ1) is 14.0. The summed E-state index contributed by atoms with van der Waals surface area (Å²) in [5, 5.41) is 4.05. The Morgan fingerprint density at radius 3 is 2.79 bits per heavy atom. The molecule has 156 valence electrons. The number of thiazole rings is 1. The SMILES string of the molecule is CC(C)C(=O)N1CCCC(C(=O)Nc2ccc3nc(N4CCOCC4)sc3c2)C1. The van der Waals surface area contributed by atoms with Crippen molar-refractivity contribution in [1.82, 2.24) is 9.88 Å². The molecular weight excluding hydrogens is 388 g/mol. The number of fused-ring (bicyclic) bond motifs is 1. The zero-order valence-electron chi connectivity index (χ0n) is 17.0. The number of likely N-dealkylation sites (tertiary alicyclic amines) is 1. The summed E-state index contributed by atoms with van der Waals surface area (Å²) in [4.78, 5) is 33.9. The topological polar surface area (TPSA) is 74.8 Å². The van der Waals surface area contributed by atoms with E-state index in [1.54, 1.807) is 11.3 Å². The first kappa shape index (κ1) is 20.1. The maximum Gasteiger partial charge on any atom is 0.229 e. The highest BCUT2D eigenvalue weighted by atomic mass is 32.1. The molecule has 1 atom stereocenters. The lowest BCUT2D eigenvalue weighted by molar-refractivity contribution is -0.137. The number of amides is 2. The third-order valence-electron chi connectivity index (χ3n) is 5.52. The van der Waals surface area contributed by atoms with Gasteiger partial charge in [-0.15, -0.1) is 0 Å². The molecule has 4 rings (SSSR count). The van der Waals surface area contributed by atoms with Gasteiger partial charge in [0, 0.05) is 37.8 Å². The molecule has 2 fully saturated rings. The van der Waals surface area contributed by atoms with Gasteiger partial charge in [-0.05, 0) is 31.0 Å². The van der Waals surface area contributed by atoms with Crippen LogP contribution in [0.2, 0.25) is 0 Å². The molecule has 0 bridgehead atoms. The van der Waals surface area contributed by atoms with Crippen molar-refractivity contribution in [2.45, 2.75) is 26.7 Å². The number of aromatic nitrogens is 1. The number of morpholine rings is 1. The van der Waals surface area contributed by atoms with Gasteiger partial charge in [0.15, 0.2) is 5.13 Å². The van der Waals surface area contributed by atoms with Crippen LogP contribution in [0.4, 0.5) is 10.8 Å². The predicted molar refractivity (Wildman–Crippen MR) is 115 cm³/mol. The van der Waals surface area contributed by atoms with E-state index in [1.807, 2.05) is 36.9 Å². The molecule has 2 aromatic rings. The van der Waals surface area contributed by atoms with E-state index in [-0.39, 0.29) is 23.7 Å². The van der Waals surface area contributed by atoms with Crippen molar-refractivity contribution in [2.75, 3.05) is 49.6 Å². The maximum absolute atomic E-state index is 12.8. The minimum Gasteiger partial charge on any atom is -0.378 e. The molecule has 0 radical (unpaired) electrons. The van der Waals surface area contributed by atoms with Crippen LogP contribution in [0.3, 0.4) is 0 Å². The molecule has 8 heteroatoms. The monoisotopic (exact) mass is 416 g/mol. The summed E-state index contributed by atoms with van der Waals surface area (Å²) < 4.78 is 6.47. The van der Waals surface area contributed by atoms with Crippen LogP contribution in [0.1, 0.15) is 26.7 Å². The van der Waals surface area contributed by atoms with Crippen molar-refractivity contribution in [1.29, 1.82) is 0 Å². The van der Waals surface area contributed by atoms with E-state index in [1.165, 1.54) is 0 Å². The van der Waals surface area contributed by atoms with Gasteiger partial charge < -0.3 is 19.9 Å². The van der Waals surface area contributed by atoms with Crippen molar-refractivity contribution in [3.05, 3.63) is 18.2 Å². The number of nitrogens with one attached hydrogen (secondary N) is 1. The standard InChI is InChI=1S/C21H28N4O3S/c1-14(2)20(27)25-7-3-4-15(13-25)19(26)22-16-5-6-17-18(12-16)29-21(23-17)24-8-10-28-11-9-24/h5-6,12,14-15H,3-4,7-11,13H2,1-2H3,(H,22,26). The molecule has 1 N–H and O–H groups in total. The summed E-state index contributed by atoms with van der Waals surface area (Å²) >= 11 is 1.64. The number of piperidine rings is 1. The zero-order valence-corrected chi connectivity index (χ0v) is 17.8. The minimum atomic E-state index is -0.160. The van der Waals surface area contributed by atoms with Crippen LogP contribution in [0.15, 0.2) is 18.2 Å². The molecule has 2 amide bonds. The fraction of sp³-hybridized carbons (Fsp3) is 0.571. The molecular formula is C21H28N4O3S. The number of benzene rings is 1. The van der Waals surface area contributed by atoms with Gasteiger partial charge in [0.2, 0.25) is 11.8 Å². The normalized spacial score (nSPS) is 20.3. The number of carbonyl (C=O) groups is 2. The Hall–Kier alpha value is -2.19. The Labute approximate surface area is 175 Å². The molecule has 2 aliphatic rings. The molecule has 2 aliphatic heterocycles. The van der Waals surface area contributed by atoms with Crippen molar-refractivity contribution in [3.63, 3.8) is 0 Å². The van der Waals surface area contributed by atoms with Gasteiger partial charge in [0.1, 0.15) is 0 Å². The van der Waals surface area contributed by atoms with E-state index < -0.39 is 0 Å². The largest absolute Gasteiger partial charge is 0.378 e. The summed E-state index contributed by atoms with van der Waals surface area (Å²) in [6.07, 6.45) is 1.69. The highest BCUT2D eigenvalue weighted by Gasteiger charge is 2.29. The number of hydrogen-bond acceptors (Lipinski definition) is 6. The molecule has 3 heterocycles. The second kappa shape index (κ2) is 8.67. The molecule has 1 aromatic heterocycles. The summed E-state index contributed by atoms with van der Waals surface area (Å²) in [5.74, 6) is -0.0773. The van der Waals surface area contributed by atoms with Gasteiger partial charge >= 0.3 is 0 Å². The van der Waals surface area contributed by atoms with Crippen LogP contribution in [0.5, 0.6) is 0 Å². The second-order valence-corrected chi connectivity index (χ2v) is 9.05. The Bertz CT molecular complexity index is 891. The molecule has 29 heavy (non-hydrogen) atoms. The van der Waals surface area contributed by atoms with Gasteiger partial charge in [-0.2, -0.15) is 0 Å². The predicted octanol–water partition coefficient (Wildman–Crippen LogP) is 2.97. The minimum absolute atomic E-state index is 0.0106. The summed E-state index contributed by atoms with van der Waals surface area (Å²) in [7, 11) is 0. The smallest absolute Gasteiger partial charge is 0.229 e. The Balaban J connectivity index is 1.43. The second-order valence-electron chi connectivity index (χ2n) is 8.05. The number of hydrogen-bond donors (Lipinski definition) is 1. The van der Waals surface area contributed by atoms with Crippen LogP contribution < -0.4 is 10.2 Å². The molecule has 0 saturated carbocycles. The van der Waals surface area contributed by atoms with Crippen LogP contribution in [-0.4, -0.2) is 61.1 Å². The average Bonchev–Trinajstić information content (AvgIpc) is 3.17. The third kappa shape index (κ3) is 4.53. The van der Waals surface area contributed by atoms with E-state index >= 15 is 0 Å². The van der Waals surface area contributed by atoms with E-state index in [2.05, 4.69) is 10.2 Å². The highest BCUT2D eigenvalue weighted by Crippen LogP contribution is 2.31. The van der Waals surface area contributed by atoms with E-state index in [0.29, 0.717) is 6.54 Å². The lowest BCUT2D eigenvalue weighted by Gasteiger charge is -2.33. The van der Waals surface area contributed by atoms with Crippen molar-refractivity contribution in [2.24, 2.45) is 11.8 Å².